The number of carbonyl (C=O) groups excluding carboxylic acids is 1. The highest BCUT2D eigenvalue weighted by atomic mass is 35.5. The fraction of sp³-hybridized carbons (Fsp3) is 0.0769. The number of carbonyl (C=O) groups is 1. The van der Waals surface area contributed by atoms with Gasteiger partial charge < -0.3 is 5.32 Å². The highest BCUT2D eigenvalue weighted by Gasteiger charge is 2.17. The summed E-state index contributed by atoms with van der Waals surface area (Å²) < 4.78 is 0. The molecule has 0 spiro atoms. The van der Waals surface area contributed by atoms with E-state index in [4.69, 9.17) is 11.6 Å². The van der Waals surface area contributed by atoms with Crippen LogP contribution in [0.2, 0.25) is 5.15 Å². The Morgan fingerprint density at radius 1 is 1.40 bits per heavy atom. The van der Waals surface area contributed by atoms with Crippen LogP contribution in [0.25, 0.3) is 0 Å². The monoisotopic (exact) mass is 291 g/mol. The van der Waals surface area contributed by atoms with E-state index in [-0.39, 0.29) is 16.4 Å². The van der Waals surface area contributed by atoms with Gasteiger partial charge in [-0.15, -0.1) is 0 Å². The smallest absolute Gasteiger partial charge is 0.288 e. The third kappa shape index (κ3) is 2.92. The molecule has 20 heavy (non-hydrogen) atoms. The molecular formula is C13H10ClN3O3. The van der Waals surface area contributed by atoms with Gasteiger partial charge in [-0.1, -0.05) is 29.8 Å². The van der Waals surface area contributed by atoms with Crippen molar-refractivity contribution in [2.45, 2.75) is 6.92 Å². The van der Waals surface area contributed by atoms with Crippen molar-refractivity contribution in [3.63, 3.8) is 0 Å². The summed E-state index contributed by atoms with van der Waals surface area (Å²) in [6.45, 7) is 1.84. The number of nitro groups is 1. The van der Waals surface area contributed by atoms with E-state index in [1.807, 2.05) is 19.1 Å². The van der Waals surface area contributed by atoms with E-state index < -0.39 is 10.8 Å². The van der Waals surface area contributed by atoms with Crippen LogP contribution in [-0.2, 0) is 0 Å². The van der Waals surface area contributed by atoms with Crippen molar-refractivity contribution in [1.29, 1.82) is 0 Å². The van der Waals surface area contributed by atoms with Crippen molar-refractivity contribution in [2.75, 3.05) is 5.32 Å². The maximum atomic E-state index is 12.1. The van der Waals surface area contributed by atoms with Gasteiger partial charge in [-0.05, 0) is 18.6 Å². The second kappa shape index (κ2) is 5.66. The number of para-hydroxylation sites is 1. The van der Waals surface area contributed by atoms with Crippen molar-refractivity contribution in [2.24, 2.45) is 0 Å². The summed E-state index contributed by atoms with van der Waals surface area (Å²) in [5.41, 5.74) is 1.16. The Balaban J connectivity index is 2.32. The summed E-state index contributed by atoms with van der Waals surface area (Å²) in [5.74, 6) is -0.541. The van der Waals surface area contributed by atoms with Crippen LogP contribution in [0.1, 0.15) is 15.9 Å². The molecule has 1 heterocycles. The number of benzene rings is 1. The lowest BCUT2D eigenvalue weighted by Crippen LogP contribution is -2.14. The zero-order valence-electron chi connectivity index (χ0n) is 10.5. The second-order valence-electron chi connectivity index (χ2n) is 4.06. The highest BCUT2D eigenvalue weighted by molar-refractivity contribution is 6.33. The summed E-state index contributed by atoms with van der Waals surface area (Å²) in [4.78, 5) is 25.8. The van der Waals surface area contributed by atoms with Gasteiger partial charge in [0.1, 0.15) is 11.3 Å². The summed E-state index contributed by atoms with van der Waals surface area (Å²) >= 11 is 5.81. The largest absolute Gasteiger partial charge is 0.322 e. The van der Waals surface area contributed by atoms with Gasteiger partial charge in [0.05, 0.1) is 10.5 Å². The van der Waals surface area contributed by atoms with Crippen LogP contribution in [0.15, 0.2) is 36.5 Å². The molecule has 1 amide bonds. The quantitative estimate of drug-likeness (QED) is 0.534. The number of hydrogen-bond acceptors (Lipinski definition) is 4. The molecule has 1 N–H and O–H groups in total. The zero-order chi connectivity index (χ0) is 14.7. The molecule has 1 aromatic heterocycles. The fourth-order valence-corrected chi connectivity index (χ4v) is 1.79. The topological polar surface area (TPSA) is 85.1 Å². The summed E-state index contributed by atoms with van der Waals surface area (Å²) in [6, 6.07) is 8.28. The van der Waals surface area contributed by atoms with Gasteiger partial charge in [0.2, 0.25) is 0 Å². The Bertz CT molecular complexity index is 688. The first-order valence-corrected chi connectivity index (χ1v) is 6.04. The first kappa shape index (κ1) is 14.0. The minimum absolute atomic E-state index is 0.0379. The van der Waals surface area contributed by atoms with Gasteiger partial charge in [-0.2, -0.15) is 0 Å². The number of pyridine rings is 1. The molecule has 0 aliphatic rings. The predicted octanol–water partition coefficient (Wildman–Crippen LogP) is 3.20. The molecule has 0 saturated carbocycles. The van der Waals surface area contributed by atoms with E-state index in [0.717, 1.165) is 17.8 Å². The Morgan fingerprint density at radius 3 is 2.75 bits per heavy atom. The number of halogens is 1. The van der Waals surface area contributed by atoms with Crippen LogP contribution in [-0.4, -0.2) is 15.8 Å². The van der Waals surface area contributed by atoms with Crippen LogP contribution in [0, 0.1) is 17.0 Å². The number of nitrogens with one attached hydrogen (secondary N) is 1. The molecule has 2 aromatic rings. The molecule has 102 valence electrons. The Morgan fingerprint density at radius 2 is 2.10 bits per heavy atom. The first-order valence-electron chi connectivity index (χ1n) is 5.66. The number of hydrogen-bond donors (Lipinski definition) is 1. The van der Waals surface area contributed by atoms with Gasteiger partial charge in [-0.3, -0.25) is 14.9 Å². The van der Waals surface area contributed by atoms with Crippen LogP contribution >= 0.6 is 11.6 Å². The van der Waals surface area contributed by atoms with Gasteiger partial charge in [0.25, 0.3) is 11.6 Å². The molecular weight excluding hydrogens is 282 g/mol. The van der Waals surface area contributed by atoms with Gasteiger partial charge in [0, 0.05) is 11.8 Å². The number of aromatic nitrogens is 1. The Labute approximate surface area is 119 Å². The molecule has 0 unspecified atom stereocenters. The van der Waals surface area contributed by atoms with E-state index in [2.05, 4.69) is 10.3 Å². The normalized spacial score (nSPS) is 10.1. The molecule has 0 radical (unpaired) electrons. The molecule has 0 aliphatic carbocycles. The molecule has 0 saturated heterocycles. The minimum atomic E-state index is -0.631. The number of amides is 1. The van der Waals surface area contributed by atoms with E-state index in [0.29, 0.717) is 5.69 Å². The second-order valence-corrected chi connectivity index (χ2v) is 4.42. The van der Waals surface area contributed by atoms with Gasteiger partial charge >= 0.3 is 0 Å². The molecule has 2 rings (SSSR count). The fourth-order valence-electron chi connectivity index (χ4n) is 1.60. The van der Waals surface area contributed by atoms with Gasteiger partial charge in [-0.25, -0.2) is 4.98 Å². The molecule has 6 nitrogen and oxygen atoms in total. The van der Waals surface area contributed by atoms with E-state index >= 15 is 0 Å². The SMILES string of the molecule is Cc1ccccc1NC(=O)c1cc([N+](=O)[O-])cnc1Cl. The van der Waals surface area contributed by atoms with Crippen molar-refractivity contribution in [1.82, 2.24) is 4.98 Å². The van der Waals surface area contributed by atoms with Crippen molar-refractivity contribution in [3.8, 4) is 0 Å². The average molecular weight is 292 g/mol. The minimum Gasteiger partial charge on any atom is -0.322 e. The van der Waals surface area contributed by atoms with E-state index in [1.54, 1.807) is 12.1 Å². The van der Waals surface area contributed by atoms with Crippen molar-refractivity contribution >= 4 is 28.9 Å². The zero-order valence-corrected chi connectivity index (χ0v) is 11.2. The average Bonchev–Trinajstić information content (AvgIpc) is 2.41. The number of nitrogens with zero attached hydrogens (tertiary/aromatic N) is 2. The lowest BCUT2D eigenvalue weighted by Gasteiger charge is -2.08. The maximum Gasteiger partial charge on any atom is 0.288 e. The van der Waals surface area contributed by atoms with Crippen LogP contribution < -0.4 is 5.32 Å². The number of aryl methyl sites for hydroxylation is 1. The van der Waals surface area contributed by atoms with Crippen LogP contribution in [0.4, 0.5) is 11.4 Å². The van der Waals surface area contributed by atoms with Crippen molar-refractivity contribution < 1.29 is 9.72 Å². The number of rotatable bonds is 3. The van der Waals surface area contributed by atoms with Crippen LogP contribution in [0.3, 0.4) is 0 Å². The molecule has 0 bridgehead atoms. The van der Waals surface area contributed by atoms with E-state index in [1.165, 1.54) is 0 Å². The highest BCUT2D eigenvalue weighted by Crippen LogP contribution is 2.21. The lowest BCUT2D eigenvalue weighted by atomic mass is 10.2. The molecule has 0 aliphatic heterocycles. The summed E-state index contributed by atoms with van der Waals surface area (Å²) in [7, 11) is 0. The first-order chi connectivity index (χ1) is 9.49. The third-order valence-electron chi connectivity index (χ3n) is 2.67. The van der Waals surface area contributed by atoms with E-state index in [9.17, 15) is 14.9 Å². The molecule has 0 fully saturated rings. The summed E-state index contributed by atoms with van der Waals surface area (Å²) in [6.07, 6.45) is 1.01. The Kier molecular flexibility index (Phi) is 3.95. The number of anilines is 1. The predicted molar refractivity (Wildman–Crippen MR) is 75.0 cm³/mol. The lowest BCUT2D eigenvalue weighted by molar-refractivity contribution is -0.385. The molecule has 0 atom stereocenters. The standard InChI is InChI=1S/C13H10ClN3O3/c1-8-4-2-3-5-11(8)16-13(18)10-6-9(17(19)20)7-15-12(10)14/h2-7H,1H3,(H,16,18). The Hall–Kier alpha value is -2.47. The summed E-state index contributed by atoms with van der Waals surface area (Å²) in [5, 5.41) is 13.3. The van der Waals surface area contributed by atoms with Crippen LogP contribution in [0.5, 0.6) is 0 Å². The van der Waals surface area contributed by atoms with Crippen molar-refractivity contribution in [3.05, 3.63) is 62.9 Å². The maximum absolute atomic E-state index is 12.1. The van der Waals surface area contributed by atoms with Gasteiger partial charge in [0.15, 0.2) is 0 Å². The molecule has 7 heteroatoms. The molecule has 1 aromatic carbocycles. The third-order valence-corrected chi connectivity index (χ3v) is 2.97.